The second kappa shape index (κ2) is 4.92. The van der Waals surface area contributed by atoms with E-state index in [1.807, 2.05) is 0 Å². The van der Waals surface area contributed by atoms with Crippen molar-refractivity contribution in [2.45, 2.75) is 71.6 Å². The molecule has 4 aliphatic carbocycles. The summed E-state index contributed by atoms with van der Waals surface area (Å²) in [4.78, 5) is 11.9. The number of hydrogen-bond donors (Lipinski definition) is 1. The molecule has 0 aromatic heterocycles. The Balaban J connectivity index is 1.63. The van der Waals surface area contributed by atoms with E-state index in [9.17, 15) is 4.79 Å². The van der Waals surface area contributed by atoms with Crippen molar-refractivity contribution >= 4 is 12.0 Å². The minimum Gasteiger partial charge on any atom is -0.313 e. The van der Waals surface area contributed by atoms with E-state index in [1.165, 1.54) is 38.5 Å². The molecular weight excluding hydrogens is 270 g/mol. The molecule has 1 N–H and O–H groups in total. The molecule has 0 radical (unpaired) electrons. The van der Waals surface area contributed by atoms with Crippen molar-refractivity contribution < 1.29 is 4.79 Å². The molecule has 22 heavy (non-hydrogen) atoms. The molecule has 0 bridgehead atoms. The zero-order chi connectivity index (χ0) is 15.5. The molecule has 0 aromatic carbocycles. The normalized spacial score (nSPS) is 54.3. The van der Waals surface area contributed by atoms with Gasteiger partial charge in [-0.3, -0.25) is 4.79 Å². The molecule has 2 heteroatoms. The maximum absolute atomic E-state index is 11.9. The van der Waals surface area contributed by atoms with Gasteiger partial charge in [0.05, 0.1) is 0 Å². The first-order chi connectivity index (χ1) is 10.5. The summed E-state index contributed by atoms with van der Waals surface area (Å²) in [6.07, 6.45) is 12.5. The van der Waals surface area contributed by atoms with Crippen LogP contribution in [0.3, 0.4) is 0 Å². The average Bonchev–Trinajstić information content (AvgIpc) is 2.84. The van der Waals surface area contributed by atoms with Crippen LogP contribution in [0.1, 0.15) is 71.6 Å². The average molecular weight is 301 g/mol. The van der Waals surface area contributed by atoms with Crippen LogP contribution in [0, 0.1) is 45.8 Å². The van der Waals surface area contributed by atoms with E-state index in [0.717, 1.165) is 37.0 Å². The number of carbonyl (C=O) groups excluding carboxylic acids is 1. The molecular formula is C20H31NO. The second-order valence-corrected chi connectivity index (χ2v) is 9.29. The van der Waals surface area contributed by atoms with Gasteiger partial charge in [0, 0.05) is 12.8 Å². The largest absolute Gasteiger partial charge is 0.313 e. The first-order valence-corrected chi connectivity index (χ1v) is 9.51. The van der Waals surface area contributed by atoms with Crippen molar-refractivity contribution in [1.29, 1.82) is 5.41 Å². The summed E-state index contributed by atoms with van der Waals surface area (Å²) in [5, 5.41) is 7.82. The van der Waals surface area contributed by atoms with Crippen molar-refractivity contribution in [3.63, 3.8) is 0 Å². The third kappa shape index (κ3) is 1.85. The highest BCUT2D eigenvalue weighted by Crippen LogP contribution is 2.66. The van der Waals surface area contributed by atoms with Gasteiger partial charge in [0.1, 0.15) is 5.78 Å². The molecule has 4 fully saturated rings. The third-order valence-corrected chi connectivity index (χ3v) is 8.76. The van der Waals surface area contributed by atoms with Crippen molar-refractivity contribution in [2.24, 2.45) is 40.4 Å². The summed E-state index contributed by atoms with van der Waals surface area (Å²) < 4.78 is 0. The Morgan fingerprint density at radius 3 is 2.55 bits per heavy atom. The van der Waals surface area contributed by atoms with Crippen molar-refractivity contribution in [1.82, 2.24) is 0 Å². The highest BCUT2D eigenvalue weighted by molar-refractivity contribution is 5.79. The van der Waals surface area contributed by atoms with E-state index in [0.29, 0.717) is 28.4 Å². The number of rotatable bonds is 1. The van der Waals surface area contributed by atoms with Crippen LogP contribution in [-0.2, 0) is 4.79 Å². The fourth-order valence-corrected chi connectivity index (χ4v) is 7.36. The minimum absolute atomic E-state index is 0.399. The van der Waals surface area contributed by atoms with Crippen LogP contribution in [0.4, 0.5) is 0 Å². The van der Waals surface area contributed by atoms with E-state index in [1.54, 1.807) is 6.21 Å². The highest BCUT2D eigenvalue weighted by atomic mass is 16.1. The van der Waals surface area contributed by atoms with Gasteiger partial charge in [-0.2, -0.15) is 0 Å². The maximum Gasteiger partial charge on any atom is 0.133 e. The first kappa shape index (κ1) is 14.9. The van der Waals surface area contributed by atoms with Gasteiger partial charge in [0.15, 0.2) is 0 Å². The number of fused-ring (bicyclic) bond motifs is 5. The molecule has 4 saturated carbocycles. The molecule has 0 amide bonds. The quantitative estimate of drug-likeness (QED) is 0.690. The first-order valence-electron chi connectivity index (χ1n) is 9.51. The molecule has 0 aromatic rings. The number of hydrogen-bond acceptors (Lipinski definition) is 2. The Labute approximate surface area is 134 Å². The van der Waals surface area contributed by atoms with Gasteiger partial charge in [-0.05, 0) is 91.6 Å². The molecule has 4 aliphatic rings. The molecule has 0 saturated heterocycles. The minimum atomic E-state index is 0.399. The van der Waals surface area contributed by atoms with Gasteiger partial charge in [-0.25, -0.2) is 0 Å². The Morgan fingerprint density at radius 2 is 1.77 bits per heavy atom. The van der Waals surface area contributed by atoms with E-state index in [-0.39, 0.29) is 0 Å². The molecule has 4 rings (SSSR count). The Bertz CT molecular complexity index is 500. The fourth-order valence-electron chi connectivity index (χ4n) is 7.36. The zero-order valence-corrected chi connectivity index (χ0v) is 14.2. The van der Waals surface area contributed by atoms with Crippen LogP contribution in [0.25, 0.3) is 0 Å². The number of Topliss-reactive ketones (excluding diaryl/α,β-unsaturated/α-hetero) is 1. The van der Waals surface area contributed by atoms with E-state index in [4.69, 9.17) is 5.41 Å². The SMILES string of the molecule is C[C@]12CC[C@H]3[C@@H](CCC4CC(=O)CC[C@@]43C)[C@@H]1CC[C@@H]2C=N. The molecule has 0 spiro atoms. The van der Waals surface area contributed by atoms with Crippen LogP contribution in [0.15, 0.2) is 0 Å². The van der Waals surface area contributed by atoms with E-state index in [2.05, 4.69) is 13.8 Å². The molecule has 0 heterocycles. The molecule has 7 atom stereocenters. The Kier molecular flexibility index (Phi) is 3.33. The van der Waals surface area contributed by atoms with Crippen LogP contribution < -0.4 is 0 Å². The smallest absolute Gasteiger partial charge is 0.133 e. The van der Waals surface area contributed by atoms with Gasteiger partial charge in [-0.1, -0.05) is 13.8 Å². The van der Waals surface area contributed by atoms with Gasteiger partial charge in [0.2, 0.25) is 0 Å². The van der Waals surface area contributed by atoms with E-state index >= 15 is 0 Å². The lowest BCUT2D eigenvalue weighted by Crippen LogP contribution is -2.53. The van der Waals surface area contributed by atoms with Crippen LogP contribution in [-0.4, -0.2) is 12.0 Å². The number of nitrogens with one attached hydrogen (secondary N) is 1. The zero-order valence-electron chi connectivity index (χ0n) is 14.2. The van der Waals surface area contributed by atoms with Crippen molar-refractivity contribution in [2.75, 3.05) is 0 Å². The van der Waals surface area contributed by atoms with Crippen LogP contribution in [0.5, 0.6) is 0 Å². The fraction of sp³-hybridized carbons (Fsp3) is 0.900. The Hall–Kier alpha value is -0.660. The topological polar surface area (TPSA) is 40.9 Å². The highest BCUT2D eigenvalue weighted by Gasteiger charge is 2.59. The summed E-state index contributed by atoms with van der Waals surface area (Å²) in [5.74, 6) is 4.27. The van der Waals surface area contributed by atoms with Gasteiger partial charge < -0.3 is 5.41 Å². The van der Waals surface area contributed by atoms with Gasteiger partial charge in [-0.15, -0.1) is 0 Å². The lowest BCUT2D eigenvalue weighted by Gasteiger charge is -2.60. The molecule has 0 aliphatic heterocycles. The monoisotopic (exact) mass is 301 g/mol. The Morgan fingerprint density at radius 1 is 1.00 bits per heavy atom. The van der Waals surface area contributed by atoms with Gasteiger partial charge >= 0.3 is 0 Å². The van der Waals surface area contributed by atoms with E-state index < -0.39 is 0 Å². The summed E-state index contributed by atoms with van der Waals surface area (Å²) in [6.45, 7) is 5.00. The standard InChI is InChI=1S/C20H31NO/c1-19-9-7-15(22)11-13(19)3-5-16-17-6-4-14(12-21)20(17,2)10-8-18(16)19/h12-14,16-18,21H,3-11H2,1-2H3/t13?,14-,16+,17+,18+,19+,20-/m1/s1. The summed E-state index contributed by atoms with van der Waals surface area (Å²) in [7, 11) is 0. The van der Waals surface area contributed by atoms with Gasteiger partial charge in [0.25, 0.3) is 0 Å². The predicted octanol–water partition coefficient (Wildman–Crippen LogP) is 4.86. The molecule has 1 unspecified atom stereocenters. The molecule has 122 valence electrons. The molecule has 2 nitrogen and oxygen atoms in total. The predicted molar refractivity (Wildman–Crippen MR) is 89.0 cm³/mol. The number of ketones is 1. The maximum atomic E-state index is 11.9. The summed E-state index contributed by atoms with van der Waals surface area (Å²) in [5.41, 5.74) is 0.831. The van der Waals surface area contributed by atoms with Crippen molar-refractivity contribution in [3.05, 3.63) is 0 Å². The lowest BCUT2D eigenvalue weighted by molar-refractivity contribution is -0.138. The third-order valence-electron chi connectivity index (χ3n) is 8.76. The number of carbonyl (C=O) groups is 1. The summed E-state index contributed by atoms with van der Waals surface area (Å²) in [6, 6.07) is 0. The lowest BCUT2D eigenvalue weighted by atomic mass is 9.45. The summed E-state index contributed by atoms with van der Waals surface area (Å²) >= 11 is 0. The van der Waals surface area contributed by atoms with Crippen LogP contribution >= 0.6 is 0 Å². The van der Waals surface area contributed by atoms with Crippen molar-refractivity contribution in [3.8, 4) is 0 Å². The second-order valence-electron chi connectivity index (χ2n) is 9.29. The van der Waals surface area contributed by atoms with Crippen LogP contribution in [0.2, 0.25) is 0 Å².